The summed E-state index contributed by atoms with van der Waals surface area (Å²) < 4.78 is 0. The molecule has 1 aromatic rings. The Morgan fingerprint density at radius 2 is 1.82 bits per heavy atom. The highest BCUT2D eigenvalue weighted by atomic mass is 35.5. The molecule has 1 rings (SSSR count). The van der Waals surface area contributed by atoms with Crippen LogP contribution in [-0.2, 0) is 0 Å². The lowest BCUT2D eigenvalue weighted by Crippen LogP contribution is -3.00. The number of rotatable bonds is 0. The van der Waals surface area contributed by atoms with Crippen LogP contribution in [0.4, 0.5) is 5.69 Å². The van der Waals surface area contributed by atoms with E-state index in [4.69, 9.17) is 28.6 Å². The van der Waals surface area contributed by atoms with E-state index in [0.29, 0.717) is 15.7 Å². The summed E-state index contributed by atoms with van der Waals surface area (Å²) >= 11 is 11.2. The van der Waals surface area contributed by atoms with E-state index in [1.54, 1.807) is 12.1 Å². The van der Waals surface area contributed by atoms with Gasteiger partial charge in [0.2, 0.25) is 5.39 Å². The fourth-order valence-corrected chi connectivity index (χ4v) is 0.840. The van der Waals surface area contributed by atoms with Crippen molar-refractivity contribution in [2.24, 2.45) is 0 Å². The van der Waals surface area contributed by atoms with Gasteiger partial charge in [-0.2, -0.15) is 0 Å². The largest absolute Gasteiger partial charge is 1.00 e. The highest BCUT2D eigenvalue weighted by Gasteiger charge is 2.06. The first kappa shape index (κ1) is 10.5. The van der Waals surface area contributed by atoms with Crippen molar-refractivity contribution in [3.63, 3.8) is 0 Å². The normalized spacial score (nSPS) is 8.09. The average Bonchev–Trinajstić information content (AvgIpc) is 1.95. The maximum Gasteiger partial charge on any atom is 0.386 e. The van der Waals surface area contributed by atoms with Gasteiger partial charge in [-0.05, 0) is 6.07 Å². The van der Waals surface area contributed by atoms with Crippen molar-refractivity contribution in [3.8, 4) is 0 Å². The molecular formula is C6H3Cl3N2. The minimum absolute atomic E-state index is 0. The molecule has 2 nitrogen and oxygen atoms in total. The summed E-state index contributed by atoms with van der Waals surface area (Å²) in [6.07, 6.45) is 0. The molecule has 0 heterocycles. The minimum atomic E-state index is 0. The van der Waals surface area contributed by atoms with Crippen LogP contribution in [0.25, 0.3) is 4.98 Å². The summed E-state index contributed by atoms with van der Waals surface area (Å²) in [6, 6.07) is 4.61. The number of diazo groups is 1. The monoisotopic (exact) mass is 208 g/mol. The molecule has 0 radical (unpaired) electrons. The lowest BCUT2D eigenvalue weighted by Gasteiger charge is -1.87. The van der Waals surface area contributed by atoms with Crippen molar-refractivity contribution in [2.75, 3.05) is 0 Å². The summed E-state index contributed by atoms with van der Waals surface area (Å²) in [5.74, 6) is 0. The summed E-state index contributed by atoms with van der Waals surface area (Å²) in [5.41, 5.74) is 0.398. The highest BCUT2D eigenvalue weighted by Crippen LogP contribution is 2.26. The van der Waals surface area contributed by atoms with E-state index in [9.17, 15) is 0 Å². The quantitative estimate of drug-likeness (QED) is 0.571. The lowest BCUT2D eigenvalue weighted by atomic mass is 10.3. The molecule has 0 fully saturated rings. The number of benzene rings is 1. The first-order valence-corrected chi connectivity index (χ1v) is 3.30. The molecule has 0 aliphatic carbocycles. The molecule has 0 aliphatic rings. The van der Waals surface area contributed by atoms with Gasteiger partial charge in [0.15, 0.2) is 4.98 Å². The van der Waals surface area contributed by atoms with Crippen LogP contribution in [0.5, 0.6) is 0 Å². The Kier molecular flexibility index (Phi) is 4.20. The van der Waals surface area contributed by atoms with Crippen LogP contribution in [-0.4, -0.2) is 0 Å². The van der Waals surface area contributed by atoms with Crippen LogP contribution in [0.1, 0.15) is 0 Å². The molecule has 0 saturated carbocycles. The second-order valence-electron chi connectivity index (χ2n) is 1.70. The van der Waals surface area contributed by atoms with Crippen molar-refractivity contribution >= 4 is 28.9 Å². The first-order chi connectivity index (χ1) is 4.74. The van der Waals surface area contributed by atoms with Crippen LogP contribution in [0, 0.1) is 5.39 Å². The Morgan fingerprint density at radius 3 is 2.27 bits per heavy atom. The smallest absolute Gasteiger partial charge is 0.386 e. The topological polar surface area (TPSA) is 28.1 Å². The third-order valence-corrected chi connectivity index (χ3v) is 1.76. The van der Waals surface area contributed by atoms with E-state index >= 15 is 0 Å². The van der Waals surface area contributed by atoms with Gasteiger partial charge in [0, 0.05) is 6.07 Å². The van der Waals surface area contributed by atoms with Crippen LogP contribution < -0.4 is 12.4 Å². The van der Waals surface area contributed by atoms with Crippen molar-refractivity contribution in [2.45, 2.75) is 0 Å². The van der Waals surface area contributed by atoms with Gasteiger partial charge in [-0.15, -0.1) is 0 Å². The van der Waals surface area contributed by atoms with Gasteiger partial charge in [-0.25, -0.2) is 0 Å². The average molecular weight is 209 g/mol. The van der Waals surface area contributed by atoms with Crippen molar-refractivity contribution in [3.05, 3.63) is 33.2 Å². The summed E-state index contributed by atoms with van der Waals surface area (Å²) in [7, 11) is 0. The lowest BCUT2D eigenvalue weighted by molar-refractivity contribution is -0.00000206. The molecule has 0 spiro atoms. The Hall–Kier alpha value is -0.490. The zero-order valence-electron chi connectivity index (χ0n) is 5.26. The van der Waals surface area contributed by atoms with E-state index in [1.807, 2.05) is 0 Å². The van der Waals surface area contributed by atoms with Crippen LogP contribution >= 0.6 is 23.2 Å². The molecule has 0 aromatic heterocycles. The van der Waals surface area contributed by atoms with Crippen LogP contribution in [0.15, 0.2) is 18.2 Å². The number of hydrogen-bond donors (Lipinski definition) is 0. The minimum Gasteiger partial charge on any atom is -1.00 e. The molecule has 0 N–H and O–H groups in total. The number of hydrogen-bond acceptors (Lipinski definition) is 1. The number of nitrogens with zero attached hydrogens (tertiary/aromatic N) is 2. The fourth-order valence-electron chi connectivity index (χ4n) is 0.547. The van der Waals surface area contributed by atoms with Gasteiger partial charge in [0.1, 0.15) is 0 Å². The predicted octanol–water partition coefficient (Wildman–Crippen LogP) is 0.482. The van der Waals surface area contributed by atoms with Crippen molar-refractivity contribution in [1.82, 2.24) is 0 Å². The molecule has 0 aliphatic heterocycles. The molecule has 0 atom stereocenters. The molecule has 0 saturated heterocycles. The van der Waals surface area contributed by atoms with Crippen LogP contribution in [0.3, 0.4) is 0 Å². The van der Waals surface area contributed by atoms with Gasteiger partial charge in [-0.1, -0.05) is 23.2 Å². The molecular weight excluding hydrogens is 206 g/mol. The van der Waals surface area contributed by atoms with Gasteiger partial charge in [0.25, 0.3) is 0 Å². The van der Waals surface area contributed by atoms with E-state index < -0.39 is 0 Å². The molecule has 1 aromatic carbocycles. The number of halogens is 3. The summed E-state index contributed by atoms with van der Waals surface area (Å²) in [4.78, 5) is 2.93. The summed E-state index contributed by atoms with van der Waals surface area (Å²) in [5, 5.41) is 9.12. The van der Waals surface area contributed by atoms with Crippen molar-refractivity contribution < 1.29 is 12.4 Å². The van der Waals surface area contributed by atoms with Gasteiger partial charge in [-0.3, -0.25) is 0 Å². The third-order valence-electron chi connectivity index (χ3n) is 1.02. The van der Waals surface area contributed by atoms with E-state index in [0.717, 1.165) is 0 Å². The molecule has 5 heteroatoms. The van der Waals surface area contributed by atoms with Crippen molar-refractivity contribution in [1.29, 1.82) is 5.39 Å². The Bertz CT molecular complexity index is 292. The van der Waals surface area contributed by atoms with E-state index in [2.05, 4.69) is 4.98 Å². The highest BCUT2D eigenvalue weighted by molar-refractivity contribution is 6.42. The second-order valence-corrected chi connectivity index (χ2v) is 2.51. The maximum atomic E-state index is 8.28. The third kappa shape index (κ3) is 2.55. The standard InChI is InChI=1S/C6H3Cl2N2.ClH/c7-5-2-1-4(10-9)3-6(5)8;/h1-3H;1H/q+1;/p-1. The predicted molar refractivity (Wildman–Crippen MR) is 41.2 cm³/mol. The van der Waals surface area contributed by atoms with Gasteiger partial charge >= 0.3 is 5.69 Å². The molecule has 11 heavy (non-hydrogen) atoms. The maximum absolute atomic E-state index is 8.28. The molecule has 0 unspecified atom stereocenters. The first-order valence-electron chi connectivity index (χ1n) is 2.54. The fraction of sp³-hybridized carbons (Fsp3) is 0. The van der Waals surface area contributed by atoms with Gasteiger partial charge in [0.05, 0.1) is 16.1 Å². The second kappa shape index (κ2) is 4.40. The zero-order valence-corrected chi connectivity index (χ0v) is 7.53. The van der Waals surface area contributed by atoms with Crippen LogP contribution in [0.2, 0.25) is 10.0 Å². The molecule has 0 bridgehead atoms. The van der Waals surface area contributed by atoms with E-state index in [-0.39, 0.29) is 12.4 Å². The molecule has 0 amide bonds. The Morgan fingerprint density at radius 1 is 1.18 bits per heavy atom. The SMILES string of the molecule is N#[N+]c1ccc(Cl)c(Cl)c1.[Cl-]. The van der Waals surface area contributed by atoms with E-state index in [1.165, 1.54) is 6.07 Å². The van der Waals surface area contributed by atoms with Gasteiger partial charge < -0.3 is 12.4 Å². The zero-order chi connectivity index (χ0) is 7.56. The molecule has 58 valence electrons. The Balaban J connectivity index is 0.000001000. The Labute approximate surface area is 80.2 Å². The summed E-state index contributed by atoms with van der Waals surface area (Å²) in [6.45, 7) is 0.